The summed E-state index contributed by atoms with van der Waals surface area (Å²) in [7, 11) is 0. The lowest BCUT2D eigenvalue weighted by Gasteiger charge is -2.41. The highest BCUT2D eigenvalue weighted by atomic mass is 16.5. The molecule has 0 radical (unpaired) electrons. The van der Waals surface area contributed by atoms with Crippen LogP contribution in [0.1, 0.15) is 43.5 Å². The van der Waals surface area contributed by atoms with E-state index in [-0.39, 0.29) is 60.9 Å². The van der Waals surface area contributed by atoms with Gasteiger partial charge in [0.05, 0.1) is 18.2 Å². The normalized spacial score (nSPS) is 27.7. The van der Waals surface area contributed by atoms with Gasteiger partial charge in [-0.05, 0) is 43.9 Å². The Bertz CT molecular complexity index is 983. The fraction of sp³-hybridized carbons (Fsp3) is 0.692. The molecule has 1 aromatic rings. The molecule has 1 aromatic heterocycles. The van der Waals surface area contributed by atoms with Crippen LogP contribution in [-0.2, 0) is 14.3 Å². The van der Waals surface area contributed by atoms with E-state index in [1.54, 1.807) is 23.2 Å². The highest BCUT2D eigenvalue weighted by Gasteiger charge is 2.40. The second kappa shape index (κ2) is 10.7. The molecule has 5 rings (SSSR count). The zero-order valence-electron chi connectivity index (χ0n) is 21.2. The van der Waals surface area contributed by atoms with E-state index >= 15 is 0 Å². The van der Waals surface area contributed by atoms with Crippen molar-refractivity contribution in [2.24, 2.45) is 11.8 Å². The highest BCUT2D eigenvalue weighted by Crippen LogP contribution is 2.32. The summed E-state index contributed by atoms with van der Waals surface area (Å²) in [5.74, 6) is 0.714. The number of carbonyl (C=O) groups excluding carboxylic acids is 3. The van der Waals surface area contributed by atoms with Gasteiger partial charge < -0.3 is 24.6 Å². The first kappa shape index (κ1) is 25.0. The van der Waals surface area contributed by atoms with Gasteiger partial charge in [-0.15, -0.1) is 0 Å². The second-order valence-corrected chi connectivity index (χ2v) is 10.8. The number of amides is 3. The summed E-state index contributed by atoms with van der Waals surface area (Å²) < 4.78 is 12.2. The van der Waals surface area contributed by atoms with Gasteiger partial charge in [-0.25, -0.2) is 4.98 Å². The Kier molecular flexibility index (Phi) is 7.43. The Morgan fingerprint density at radius 2 is 2.03 bits per heavy atom. The van der Waals surface area contributed by atoms with Crippen LogP contribution in [0.15, 0.2) is 18.3 Å². The number of piperazine rings is 1. The number of hydrogen-bond donors (Lipinski definition) is 1. The van der Waals surface area contributed by atoms with E-state index in [4.69, 9.17) is 9.47 Å². The molecule has 10 heteroatoms. The Hall–Kier alpha value is -2.72. The highest BCUT2D eigenvalue weighted by molar-refractivity contribution is 5.96. The minimum absolute atomic E-state index is 0.0622. The van der Waals surface area contributed by atoms with Crippen LogP contribution in [0.4, 0.5) is 0 Å². The van der Waals surface area contributed by atoms with Crippen LogP contribution in [0.3, 0.4) is 0 Å². The average molecular weight is 500 g/mol. The van der Waals surface area contributed by atoms with Crippen LogP contribution < -0.4 is 10.1 Å². The summed E-state index contributed by atoms with van der Waals surface area (Å²) in [6, 6.07) is 2.84. The molecule has 3 fully saturated rings. The van der Waals surface area contributed by atoms with Crippen molar-refractivity contribution in [1.82, 2.24) is 25.0 Å². The van der Waals surface area contributed by atoms with Crippen molar-refractivity contribution in [2.45, 2.75) is 51.3 Å². The predicted molar refractivity (Wildman–Crippen MR) is 131 cm³/mol. The van der Waals surface area contributed by atoms with Crippen molar-refractivity contribution in [2.75, 3.05) is 52.5 Å². The quantitative estimate of drug-likeness (QED) is 0.653. The summed E-state index contributed by atoms with van der Waals surface area (Å²) in [5.41, 5.74) is 0.357. The zero-order chi connectivity index (χ0) is 25.2. The number of likely N-dealkylation sites (tertiary alicyclic amines) is 1. The molecule has 4 aliphatic rings. The summed E-state index contributed by atoms with van der Waals surface area (Å²) >= 11 is 0. The number of hydrogen-bond acceptors (Lipinski definition) is 7. The van der Waals surface area contributed by atoms with Gasteiger partial charge in [0.25, 0.3) is 5.91 Å². The van der Waals surface area contributed by atoms with Crippen LogP contribution in [0, 0.1) is 11.8 Å². The minimum atomic E-state index is -0.335. The third-order valence-electron chi connectivity index (χ3n) is 7.57. The fourth-order valence-corrected chi connectivity index (χ4v) is 5.26. The van der Waals surface area contributed by atoms with Crippen LogP contribution in [0.25, 0.3) is 0 Å². The Labute approximate surface area is 212 Å². The van der Waals surface area contributed by atoms with Crippen molar-refractivity contribution >= 4 is 17.7 Å². The van der Waals surface area contributed by atoms with Gasteiger partial charge in [-0.1, -0.05) is 13.8 Å². The molecular formula is C26H37N5O5. The summed E-state index contributed by atoms with van der Waals surface area (Å²) in [5, 5.41) is 3.11. The van der Waals surface area contributed by atoms with Gasteiger partial charge in [0.2, 0.25) is 17.7 Å². The number of nitrogens with one attached hydrogen (secondary N) is 1. The van der Waals surface area contributed by atoms with Crippen molar-refractivity contribution < 1.29 is 23.9 Å². The molecule has 1 saturated carbocycles. The van der Waals surface area contributed by atoms with E-state index in [1.165, 1.54) is 0 Å². The van der Waals surface area contributed by atoms with Crippen molar-refractivity contribution in [3.63, 3.8) is 0 Å². The summed E-state index contributed by atoms with van der Waals surface area (Å²) in [4.78, 5) is 49.5. The van der Waals surface area contributed by atoms with Crippen molar-refractivity contribution in [1.29, 1.82) is 0 Å². The Morgan fingerprint density at radius 1 is 1.19 bits per heavy atom. The van der Waals surface area contributed by atoms with Crippen LogP contribution in [-0.4, -0.2) is 108 Å². The van der Waals surface area contributed by atoms with Crippen molar-refractivity contribution in [3.05, 3.63) is 23.9 Å². The molecule has 196 valence electrons. The summed E-state index contributed by atoms with van der Waals surface area (Å²) in [6.45, 7) is 8.07. The lowest BCUT2D eigenvalue weighted by molar-refractivity contribution is -0.149. The maximum atomic E-state index is 13.3. The topological polar surface area (TPSA) is 104 Å². The van der Waals surface area contributed by atoms with E-state index in [0.717, 1.165) is 25.8 Å². The standard InChI is InChI=1S/C26H37N5O5/c1-17(2)7-9-29-13-21-22(14-29)35-16-23(32)31-11-10-30(26(34)18-5-6-18)12-19(31)15-36-25-20(24(33)28-21)4-3-8-27-25/h3-4,8,17-19,21-22H,5-7,9-16H2,1-2H3,(H,28,33)/t19-,21+,22-/m0/s1. The molecule has 0 spiro atoms. The molecule has 3 atom stereocenters. The van der Waals surface area contributed by atoms with E-state index in [1.807, 2.05) is 4.90 Å². The van der Waals surface area contributed by atoms with Gasteiger partial charge in [0.1, 0.15) is 18.8 Å². The van der Waals surface area contributed by atoms with E-state index < -0.39 is 0 Å². The first-order chi connectivity index (χ1) is 17.4. The lowest BCUT2D eigenvalue weighted by atomic mass is 10.1. The molecule has 0 unspecified atom stereocenters. The van der Waals surface area contributed by atoms with Crippen LogP contribution in [0.5, 0.6) is 5.88 Å². The van der Waals surface area contributed by atoms with E-state index in [2.05, 4.69) is 29.0 Å². The molecule has 3 amide bonds. The number of aromatic nitrogens is 1. The smallest absolute Gasteiger partial charge is 0.257 e. The maximum absolute atomic E-state index is 13.3. The first-order valence-electron chi connectivity index (χ1n) is 13.2. The van der Waals surface area contributed by atoms with Crippen molar-refractivity contribution in [3.8, 4) is 5.88 Å². The molecule has 2 saturated heterocycles. The van der Waals surface area contributed by atoms with Crippen LogP contribution >= 0.6 is 0 Å². The molecule has 36 heavy (non-hydrogen) atoms. The second-order valence-electron chi connectivity index (χ2n) is 10.8. The predicted octanol–water partition coefficient (Wildman–Crippen LogP) is 0.769. The number of pyridine rings is 1. The number of fused-ring (bicyclic) bond motifs is 3. The minimum Gasteiger partial charge on any atom is -0.475 e. The van der Waals surface area contributed by atoms with Gasteiger partial charge in [-0.3, -0.25) is 19.3 Å². The van der Waals surface area contributed by atoms with Crippen LogP contribution in [0.2, 0.25) is 0 Å². The van der Waals surface area contributed by atoms with Gasteiger partial charge in [0, 0.05) is 44.8 Å². The molecule has 1 aliphatic carbocycles. The molecular weight excluding hydrogens is 462 g/mol. The SMILES string of the molecule is CC(C)CCN1C[C@@H]2OCC(=O)N3CCN(C(=O)C4CC4)C[C@H]3COc3ncccc3C(=O)N[C@@H]2C1. The van der Waals surface area contributed by atoms with E-state index in [9.17, 15) is 14.4 Å². The molecule has 0 bridgehead atoms. The fourth-order valence-electron chi connectivity index (χ4n) is 5.26. The molecule has 4 heterocycles. The number of carbonyl (C=O) groups is 3. The average Bonchev–Trinajstić information content (AvgIpc) is 3.65. The monoisotopic (exact) mass is 499 g/mol. The zero-order valence-corrected chi connectivity index (χ0v) is 21.2. The van der Waals surface area contributed by atoms with Gasteiger partial charge >= 0.3 is 0 Å². The molecule has 0 aromatic carbocycles. The maximum Gasteiger partial charge on any atom is 0.257 e. The third-order valence-corrected chi connectivity index (χ3v) is 7.57. The largest absolute Gasteiger partial charge is 0.475 e. The third kappa shape index (κ3) is 5.64. The first-order valence-corrected chi connectivity index (χ1v) is 13.2. The Morgan fingerprint density at radius 3 is 2.81 bits per heavy atom. The van der Waals surface area contributed by atoms with Gasteiger partial charge in [0.15, 0.2) is 0 Å². The number of ether oxygens (including phenoxy) is 2. The number of nitrogens with zero attached hydrogens (tertiary/aromatic N) is 4. The molecule has 10 nitrogen and oxygen atoms in total. The summed E-state index contributed by atoms with van der Waals surface area (Å²) in [6.07, 6.45) is 4.24. The Balaban J connectivity index is 1.37. The van der Waals surface area contributed by atoms with E-state index in [0.29, 0.717) is 44.2 Å². The molecule has 1 N–H and O–H groups in total. The number of rotatable bonds is 4. The molecule has 3 aliphatic heterocycles. The lowest BCUT2D eigenvalue weighted by Crippen LogP contribution is -2.59. The van der Waals surface area contributed by atoms with Gasteiger partial charge in [-0.2, -0.15) is 0 Å².